The van der Waals surface area contributed by atoms with Gasteiger partial charge in [0, 0.05) is 22.2 Å². The number of anilines is 1. The van der Waals surface area contributed by atoms with E-state index in [0.29, 0.717) is 38.8 Å². The number of nitrogens with one attached hydrogen (secondary N) is 2. The van der Waals surface area contributed by atoms with Gasteiger partial charge in [-0.1, -0.05) is 41.0 Å². The predicted molar refractivity (Wildman–Crippen MR) is 116 cm³/mol. The van der Waals surface area contributed by atoms with Crippen molar-refractivity contribution in [1.82, 2.24) is 10.1 Å². The van der Waals surface area contributed by atoms with Crippen molar-refractivity contribution >= 4 is 34.1 Å². The maximum absolute atomic E-state index is 13.1. The van der Waals surface area contributed by atoms with Crippen LogP contribution in [-0.4, -0.2) is 16.0 Å². The third-order valence-electron chi connectivity index (χ3n) is 5.56. The van der Waals surface area contributed by atoms with Gasteiger partial charge in [-0.3, -0.25) is 9.59 Å². The number of nitrogens with zero attached hydrogens (tertiary/aromatic N) is 1. The van der Waals surface area contributed by atoms with Gasteiger partial charge in [-0.15, -0.1) is 0 Å². The van der Waals surface area contributed by atoms with Crippen LogP contribution in [0.5, 0.6) is 0 Å². The van der Waals surface area contributed by atoms with E-state index in [-0.39, 0.29) is 11.5 Å². The number of aromatic nitrogens is 2. The van der Waals surface area contributed by atoms with Crippen LogP contribution in [0.4, 0.5) is 5.69 Å². The smallest absolute Gasteiger partial charge is 0.261 e. The number of fused-ring (bicyclic) bond motifs is 3. The largest absolute Gasteiger partial charge is 0.360 e. The number of halogens is 1. The number of hydrogen-bond acceptors (Lipinski definition) is 4. The fourth-order valence-electron chi connectivity index (χ4n) is 4.15. The van der Waals surface area contributed by atoms with Gasteiger partial charge in [-0.2, -0.15) is 0 Å². The van der Waals surface area contributed by atoms with Crippen molar-refractivity contribution in [1.29, 1.82) is 0 Å². The summed E-state index contributed by atoms with van der Waals surface area (Å²) in [7, 11) is 0. The van der Waals surface area contributed by atoms with E-state index in [9.17, 15) is 9.59 Å². The molecule has 2 aromatic heterocycles. The highest BCUT2D eigenvalue weighted by atomic mass is 35.5. The number of hydrogen-bond donors (Lipinski definition) is 2. The summed E-state index contributed by atoms with van der Waals surface area (Å²) in [6.07, 6.45) is 2.72. The number of carbonyl (C=O) groups is 1. The third-order valence-corrected chi connectivity index (χ3v) is 5.89. The quantitative estimate of drug-likeness (QED) is 0.495. The fraction of sp³-hybridized carbons (Fsp3) is 0.174. The molecule has 2 aromatic carbocycles. The van der Waals surface area contributed by atoms with E-state index in [1.165, 1.54) is 0 Å². The van der Waals surface area contributed by atoms with Crippen LogP contribution in [0, 0.1) is 6.92 Å². The van der Waals surface area contributed by atoms with Gasteiger partial charge in [-0.25, -0.2) is 0 Å². The Labute approximate surface area is 176 Å². The molecule has 0 fully saturated rings. The standard InChI is InChI=1S/C23H18ClN3O3/c1-12-20(21(27-30-12)17-5-2-3-8-18(17)24)23(29)25-13-9-10-15-14-6-4-7-16(14)22(28)26-19(15)11-13/h2-3,5,8-11H,4,6-7H2,1H3,(H,25,29)(H,26,28). The number of H-pyrrole nitrogens is 1. The number of rotatable bonds is 3. The summed E-state index contributed by atoms with van der Waals surface area (Å²) in [5.74, 6) is 0.0426. The molecule has 0 atom stereocenters. The number of aromatic amines is 1. The first-order valence-electron chi connectivity index (χ1n) is 9.73. The number of pyridine rings is 1. The van der Waals surface area contributed by atoms with Crippen LogP contribution in [0.1, 0.15) is 33.7 Å². The van der Waals surface area contributed by atoms with Crippen molar-refractivity contribution in [3.05, 3.63) is 80.3 Å². The lowest BCUT2D eigenvalue weighted by atomic mass is 10.0. The highest BCUT2D eigenvalue weighted by Crippen LogP contribution is 2.32. The second-order valence-electron chi connectivity index (χ2n) is 7.42. The molecule has 1 aliphatic carbocycles. The Morgan fingerprint density at radius 3 is 2.80 bits per heavy atom. The van der Waals surface area contributed by atoms with E-state index >= 15 is 0 Å². The molecule has 0 unspecified atom stereocenters. The van der Waals surface area contributed by atoms with Crippen LogP contribution < -0.4 is 10.9 Å². The summed E-state index contributed by atoms with van der Waals surface area (Å²) in [6, 6.07) is 12.7. The normalized spacial score (nSPS) is 12.9. The van der Waals surface area contributed by atoms with Crippen LogP contribution in [-0.2, 0) is 12.8 Å². The molecule has 2 heterocycles. The summed E-state index contributed by atoms with van der Waals surface area (Å²) in [5, 5.41) is 8.44. The highest BCUT2D eigenvalue weighted by Gasteiger charge is 2.23. The first-order chi connectivity index (χ1) is 14.5. The highest BCUT2D eigenvalue weighted by molar-refractivity contribution is 6.33. The first kappa shape index (κ1) is 18.6. The lowest BCUT2D eigenvalue weighted by Crippen LogP contribution is -2.15. The Morgan fingerprint density at radius 2 is 1.97 bits per heavy atom. The second kappa shape index (κ2) is 7.15. The number of carbonyl (C=O) groups excluding carboxylic acids is 1. The molecular weight excluding hydrogens is 402 g/mol. The lowest BCUT2D eigenvalue weighted by Gasteiger charge is -2.10. The SMILES string of the molecule is Cc1onc(-c2ccccc2Cl)c1C(=O)Nc1ccc2c3c(c(=O)[nH]c2c1)CCC3. The van der Waals surface area contributed by atoms with E-state index in [0.717, 1.165) is 35.8 Å². The zero-order valence-corrected chi connectivity index (χ0v) is 17.0. The minimum atomic E-state index is -0.355. The van der Waals surface area contributed by atoms with Crippen molar-refractivity contribution < 1.29 is 9.32 Å². The Bertz CT molecular complexity index is 1370. The maximum atomic E-state index is 13.1. The summed E-state index contributed by atoms with van der Waals surface area (Å²) in [6.45, 7) is 1.68. The molecule has 5 rings (SSSR count). The van der Waals surface area contributed by atoms with Crippen LogP contribution in [0.15, 0.2) is 51.8 Å². The zero-order chi connectivity index (χ0) is 20.8. The monoisotopic (exact) mass is 419 g/mol. The topological polar surface area (TPSA) is 88.0 Å². The average Bonchev–Trinajstić information content (AvgIpc) is 3.36. The minimum absolute atomic E-state index is 0.0469. The van der Waals surface area contributed by atoms with E-state index < -0.39 is 0 Å². The third kappa shape index (κ3) is 3.00. The van der Waals surface area contributed by atoms with Gasteiger partial charge in [0.2, 0.25) is 0 Å². The molecule has 0 radical (unpaired) electrons. The first-order valence-corrected chi connectivity index (χ1v) is 10.1. The van der Waals surface area contributed by atoms with E-state index in [1.807, 2.05) is 24.3 Å². The van der Waals surface area contributed by atoms with Gasteiger partial charge < -0.3 is 14.8 Å². The molecule has 1 aliphatic rings. The molecule has 0 saturated carbocycles. The number of amides is 1. The van der Waals surface area contributed by atoms with Gasteiger partial charge >= 0.3 is 0 Å². The van der Waals surface area contributed by atoms with Gasteiger partial charge in [0.25, 0.3) is 11.5 Å². The van der Waals surface area contributed by atoms with Crippen LogP contribution >= 0.6 is 11.6 Å². The average molecular weight is 420 g/mol. The van der Waals surface area contributed by atoms with Crippen molar-refractivity contribution in [3.8, 4) is 11.3 Å². The Morgan fingerprint density at radius 1 is 1.17 bits per heavy atom. The second-order valence-corrected chi connectivity index (χ2v) is 7.83. The zero-order valence-electron chi connectivity index (χ0n) is 16.2. The molecule has 0 aliphatic heterocycles. The molecule has 0 bridgehead atoms. The summed E-state index contributed by atoms with van der Waals surface area (Å²) >= 11 is 6.28. The van der Waals surface area contributed by atoms with Crippen molar-refractivity contribution in [3.63, 3.8) is 0 Å². The van der Waals surface area contributed by atoms with Crippen LogP contribution in [0.2, 0.25) is 5.02 Å². The molecule has 150 valence electrons. The molecule has 1 amide bonds. The van der Waals surface area contributed by atoms with Crippen molar-refractivity contribution in [2.45, 2.75) is 26.2 Å². The molecule has 0 spiro atoms. The van der Waals surface area contributed by atoms with Gasteiger partial charge in [0.1, 0.15) is 17.0 Å². The molecule has 0 saturated heterocycles. The summed E-state index contributed by atoms with van der Waals surface area (Å²) < 4.78 is 5.28. The van der Waals surface area contributed by atoms with Gasteiger partial charge in [0.05, 0.1) is 10.5 Å². The number of aryl methyl sites for hydroxylation is 2. The molecule has 6 nitrogen and oxygen atoms in total. The summed E-state index contributed by atoms with van der Waals surface area (Å²) in [5.41, 5.74) is 4.58. The predicted octanol–water partition coefficient (Wildman–Crippen LogP) is 4.89. The maximum Gasteiger partial charge on any atom is 0.261 e. The molecular formula is C23H18ClN3O3. The van der Waals surface area contributed by atoms with Crippen LogP contribution in [0.3, 0.4) is 0 Å². The van der Waals surface area contributed by atoms with Gasteiger partial charge in [-0.05, 0) is 49.9 Å². The summed E-state index contributed by atoms with van der Waals surface area (Å²) in [4.78, 5) is 28.4. The Kier molecular flexibility index (Phi) is 4.44. The molecule has 7 heteroatoms. The number of benzene rings is 2. The van der Waals surface area contributed by atoms with E-state index in [1.54, 1.807) is 25.1 Å². The Balaban J connectivity index is 1.52. The van der Waals surface area contributed by atoms with Crippen molar-refractivity contribution in [2.24, 2.45) is 0 Å². The van der Waals surface area contributed by atoms with Crippen molar-refractivity contribution in [2.75, 3.05) is 5.32 Å². The molecule has 2 N–H and O–H groups in total. The fourth-order valence-corrected chi connectivity index (χ4v) is 4.37. The lowest BCUT2D eigenvalue weighted by molar-refractivity contribution is 0.102. The van der Waals surface area contributed by atoms with Crippen LogP contribution in [0.25, 0.3) is 22.2 Å². The molecule has 30 heavy (non-hydrogen) atoms. The Hall–Kier alpha value is -3.38. The minimum Gasteiger partial charge on any atom is -0.360 e. The van der Waals surface area contributed by atoms with Gasteiger partial charge in [0.15, 0.2) is 0 Å². The molecule has 4 aromatic rings. The van der Waals surface area contributed by atoms with E-state index in [4.69, 9.17) is 16.1 Å². The van der Waals surface area contributed by atoms with E-state index in [2.05, 4.69) is 15.5 Å².